The van der Waals surface area contributed by atoms with Crippen LogP contribution in [-0.2, 0) is 14.8 Å². The zero-order valence-electron chi connectivity index (χ0n) is 17.7. The van der Waals surface area contributed by atoms with E-state index in [1.54, 1.807) is 12.1 Å². The molecule has 0 saturated carbocycles. The van der Waals surface area contributed by atoms with Crippen LogP contribution >= 0.6 is 0 Å². The molecule has 1 aliphatic heterocycles. The van der Waals surface area contributed by atoms with Gasteiger partial charge in [0.15, 0.2) is 0 Å². The number of carbonyl (C=O) groups is 1. The van der Waals surface area contributed by atoms with Gasteiger partial charge in [0.25, 0.3) is 0 Å². The molecule has 1 amide bonds. The molecule has 1 aromatic carbocycles. The predicted molar refractivity (Wildman–Crippen MR) is 111 cm³/mol. The zero-order valence-corrected chi connectivity index (χ0v) is 18.5. The van der Waals surface area contributed by atoms with Crippen molar-refractivity contribution >= 4 is 15.9 Å². The van der Waals surface area contributed by atoms with Gasteiger partial charge in [-0.1, -0.05) is 33.3 Å². The third-order valence-electron chi connectivity index (χ3n) is 5.34. The van der Waals surface area contributed by atoms with Gasteiger partial charge in [0.05, 0.1) is 13.0 Å². The van der Waals surface area contributed by atoms with E-state index in [9.17, 15) is 13.2 Å². The van der Waals surface area contributed by atoms with Gasteiger partial charge in [-0.15, -0.1) is 0 Å². The zero-order chi connectivity index (χ0) is 20.9. The fourth-order valence-corrected chi connectivity index (χ4v) is 5.35. The second-order valence-electron chi connectivity index (χ2n) is 7.97. The molecule has 0 aromatic heterocycles. The van der Waals surface area contributed by atoms with Crippen molar-refractivity contribution in [3.05, 3.63) is 23.8 Å². The summed E-state index contributed by atoms with van der Waals surface area (Å²) in [7, 11) is -2.26. The first kappa shape index (κ1) is 22.7. The van der Waals surface area contributed by atoms with Crippen LogP contribution < -0.4 is 10.1 Å². The number of nitrogens with zero attached hydrogens (tertiary/aromatic N) is 1. The van der Waals surface area contributed by atoms with Gasteiger partial charge in [-0.2, -0.15) is 4.31 Å². The molecule has 0 spiro atoms. The minimum atomic E-state index is -3.74. The summed E-state index contributed by atoms with van der Waals surface area (Å²) in [5.41, 5.74) is 0.944. The third kappa shape index (κ3) is 5.26. The molecule has 1 fully saturated rings. The van der Waals surface area contributed by atoms with Crippen LogP contribution in [0.3, 0.4) is 0 Å². The smallest absolute Gasteiger partial charge is 0.246 e. The molecular weight excluding hydrogens is 376 g/mol. The molecule has 0 unspecified atom stereocenters. The van der Waals surface area contributed by atoms with Crippen molar-refractivity contribution in [3.8, 4) is 5.75 Å². The number of piperidine rings is 1. The van der Waals surface area contributed by atoms with Crippen molar-refractivity contribution in [2.75, 3.05) is 20.2 Å². The molecule has 1 aliphatic rings. The number of amides is 1. The number of benzene rings is 1. The van der Waals surface area contributed by atoms with E-state index in [4.69, 9.17) is 4.74 Å². The van der Waals surface area contributed by atoms with Crippen molar-refractivity contribution in [2.24, 2.45) is 5.92 Å². The van der Waals surface area contributed by atoms with Crippen LogP contribution in [0.15, 0.2) is 23.1 Å². The van der Waals surface area contributed by atoms with Crippen molar-refractivity contribution < 1.29 is 17.9 Å². The van der Waals surface area contributed by atoms with Crippen LogP contribution in [0.4, 0.5) is 0 Å². The molecule has 0 radical (unpaired) electrons. The molecular formula is C21H34N2O4S. The maximum atomic E-state index is 13.3. The van der Waals surface area contributed by atoms with Crippen molar-refractivity contribution in [3.63, 3.8) is 0 Å². The highest BCUT2D eigenvalue weighted by atomic mass is 32.2. The first-order valence-corrected chi connectivity index (χ1v) is 11.6. The number of nitrogens with one attached hydrogen (secondary N) is 1. The number of hydrogen-bond donors (Lipinski definition) is 1. The lowest BCUT2D eigenvalue weighted by Crippen LogP contribution is -2.47. The summed E-state index contributed by atoms with van der Waals surface area (Å²) in [6, 6.07) is 5.41. The Balaban J connectivity index is 2.24. The molecule has 2 rings (SSSR count). The second-order valence-corrected chi connectivity index (χ2v) is 9.87. The van der Waals surface area contributed by atoms with Gasteiger partial charge in [-0.05, 0) is 49.8 Å². The molecule has 1 N–H and O–H groups in total. The van der Waals surface area contributed by atoms with E-state index in [0.717, 1.165) is 18.4 Å². The minimum Gasteiger partial charge on any atom is -0.495 e. The van der Waals surface area contributed by atoms with Crippen LogP contribution in [0.25, 0.3) is 0 Å². The van der Waals surface area contributed by atoms with Gasteiger partial charge in [0.1, 0.15) is 10.6 Å². The topological polar surface area (TPSA) is 75.7 Å². The van der Waals surface area contributed by atoms with Crippen molar-refractivity contribution in [2.45, 2.75) is 70.2 Å². The highest BCUT2D eigenvalue weighted by molar-refractivity contribution is 7.89. The molecule has 0 aliphatic carbocycles. The summed E-state index contributed by atoms with van der Waals surface area (Å²) < 4.78 is 33.5. The second kappa shape index (κ2) is 9.74. The maximum Gasteiger partial charge on any atom is 0.246 e. The highest BCUT2D eigenvalue weighted by Gasteiger charge is 2.35. The first-order chi connectivity index (χ1) is 13.2. The van der Waals surface area contributed by atoms with E-state index in [2.05, 4.69) is 12.2 Å². The number of rotatable bonds is 8. The molecule has 1 aromatic rings. The largest absolute Gasteiger partial charge is 0.495 e. The van der Waals surface area contributed by atoms with E-state index in [1.165, 1.54) is 11.4 Å². The molecule has 2 atom stereocenters. The molecule has 1 saturated heterocycles. The normalized spacial score (nSPS) is 19.4. The van der Waals surface area contributed by atoms with E-state index < -0.39 is 10.0 Å². The minimum absolute atomic E-state index is 0.0521. The Bertz CT molecular complexity index is 777. The fraction of sp³-hybridized carbons (Fsp3) is 0.667. The van der Waals surface area contributed by atoms with E-state index in [-0.39, 0.29) is 35.2 Å². The molecule has 28 heavy (non-hydrogen) atoms. The van der Waals surface area contributed by atoms with Crippen LogP contribution in [0, 0.1) is 5.92 Å². The standard InChI is InChI=1S/C21H34N2O4S/c1-6-8-16(4)22-21(24)18-9-7-12-23(14-18)28(25,26)20-13-17(15(2)3)10-11-19(20)27-5/h10-11,13,15-16,18H,6-9,12,14H2,1-5H3,(H,22,24)/t16-,18+/m0/s1. The SMILES string of the molecule is CCC[C@H](C)NC(=O)[C@@H]1CCCN(S(=O)(=O)c2cc(C(C)C)ccc2OC)C1. The lowest BCUT2D eigenvalue weighted by atomic mass is 9.98. The van der Waals surface area contributed by atoms with E-state index in [1.807, 2.05) is 26.8 Å². The number of sulfonamides is 1. The van der Waals surface area contributed by atoms with E-state index >= 15 is 0 Å². The molecule has 7 heteroatoms. The van der Waals surface area contributed by atoms with E-state index in [0.29, 0.717) is 25.1 Å². The number of methoxy groups -OCH3 is 1. The average molecular weight is 411 g/mol. The summed E-state index contributed by atoms with van der Waals surface area (Å²) in [5.74, 6) is 0.179. The predicted octanol–water partition coefficient (Wildman–Crippen LogP) is 3.52. The monoisotopic (exact) mass is 410 g/mol. The van der Waals surface area contributed by atoms with Crippen LogP contribution in [-0.4, -0.2) is 44.9 Å². The lowest BCUT2D eigenvalue weighted by molar-refractivity contribution is -0.126. The van der Waals surface area contributed by atoms with Gasteiger partial charge in [-0.25, -0.2) is 8.42 Å². The highest BCUT2D eigenvalue weighted by Crippen LogP contribution is 2.32. The Kier molecular flexibility index (Phi) is 7.89. The van der Waals surface area contributed by atoms with Crippen LogP contribution in [0.5, 0.6) is 5.75 Å². The van der Waals surface area contributed by atoms with Gasteiger partial charge >= 0.3 is 0 Å². The maximum absolute atomic E-state index is 13.3. The number of ether oxygens (including phenoxy) is 1. The number of carbonyl (C=O) groups excluding carboxylic acids is 1. The lowest BCUT2D eigenvalue weighted by Gasteiger charge is -2.32. The van der Waals surface area contributed by atoms with Crippen LogP contribution in [0.2, 0.25) is 0 Å². The van der Waals surface area contributed by atoms with Crippen molar-refractivity contribution in [1.82, 2.24) is 9.62 Å². The Hall–Kier alpha value is -1.60. The quantitative estimate of drug-likeness (QED) is 0.711. The fourth-order valence-electron chi connectivity index (χ4n) is 3.63. The summed E-state index contributed by atoms with van der Waals surface area (Å²) in [5, 5.41) is 3.02. The Morgan fingerprint density at radius 2 is 2.04 bits per heavy atom. The van der Waals surface area contributed by atoms with Crippen molar-refractivity contribution in [1.29, 1.82) is 0 Å². The Morgan fingerprint density at radius 1 is 1.32 bits per heavy atom. The van der Waals surface area contributed by atoms with Gasteiger partial charge < -0.3 is 10.1 Å². The Labute approximate surface area is 169 Å². The van der Waals surface area contributed by atoms with Gasteiger partial charge in [0, 0.05) is 19.1 Å². The van der Waals surface area contributed by atoms with Crippen LogP contribution in [0.1, 0.15) is 64.9 Å². The van der Waals surface area contributed by atoms with Gasteiger partial charge in [0.2, 0.25) is 15.9 Å². The molecule has 0 bridgehead atoms. The summed E-state index contributed by atoms with van der Waals surface area (Å²) >= 11 is 0. The molecule has 6 nitrogen and oxygen atoms in total. The van der Waals surface area contributed by atoms with Gasteiger partial charge in [-0.3, -0.25) is 4.79 Å². The average Bonchev–Trinajstić information content (AvgIpc) is 2.67. The molecule has 1 heterocycles. The number of hydrogen-bond acceptors (Lipinski definition) is 4. The summed E-state index contributed by atoms with van der Waals surface area (Å²) in [6.07, 6.45) is 3.30. The summed E-state index contributed by atoms with van der Waals surface area (Å²) in [4.78, 5) is 12.8. The molecule has 158 valence electrons. The first-order valence-electron chi connectivity index (χ1n) is 10.2. The Morgan fingerprint density at radius 3 is 2.64 bits per heavy atom. The summed E-state index contributed by atoms with van der Waals surface area (Å²) in [6.45, 7) is 8.75. The third-order valence-corrected chi connectivity index (χ3v) is 7.22.